The molecule has 2 N–H and O–H groups in total. The zero-order valence-electron chi connectivity index (χ0n) is 14.0. The number of urea groups is 1. The van der Waals surface area contributed by atoms with Crippen LogP contribution in [0.25, 0.3) is 0 Å². The molecule has 4 heteroatoms. The smallest absolute Gasteiger partial charge is 0.314 e. The van der Waals surface area contributed by atoms with Crippen LogP contribution in [0.5, 0.6) is 5.75 Å². The normalized spacial score (nSPS) is 14.7. The van der Waals surface area contributed by atoms with Gasteiger partial charge >= 0.3 is 6.03 Å². The number of ether oxygens (including phenoxy) is 1. The van der Waals surface area contributed by atoms with Crippen LogP contribution in [0.2, 0.25) is 0 Å². The first-order valence-electron chi connectivity index (χ1n) is 8.42. The van der Waals surface area contributed by atoms with E-state index in [0.717, 1.165) is 25.0 Å². The maximum Gasteiger partial charge on any atom is 0.314 e. The summed E-state index contributed by atoms with van der Waals surface area (Å²) in [5.41, 5.74) is 2.65. The molecule has 24 heavy (non-hydrogen) atoms. The van der Waals surface area contributed by atoms with Crippen molar-refractivity contribution < 1.29 is 9.53 Å². The van der Waals surface area contributed by atoms with E-state index >= 15 is 0 Å². The highest BCUT2D eigenvalue weighted by Crippen LogP contribution is 2.47. The number of nitrogens with one attached hydrogen (secondary N) is 2. The van der Waals surface area contributed by atoms with Crippen LogP contribution in [0.15, 0.2) is 54.6 Å². The van der Waals surface area contributed by atoms with Gasteiger partial charge in [0.15, 0.2) is 0 Å². The summed E-state index contributed by atoms with van der Waals surface area (Å²) in [7, 11) is 1.66. The van der Waals surface area contributed by atoms with Gasteiger partial charge in [0.05, 0.1) is 7.11 Å². The third kappa shape index (κ3) is 4.07. The summed E-state index contributed by atoms with van der Waals surface area (Å²) in [4.78, 5) is 12.0. The van der Waals surface area contributed by atoms with Crippen LogP contribution in [-0.4, -0.2) is 26.2 Å². The molecule has 2 aromatic rings. The molecular formula is C20H24N2O2. The summed E-state index contributed by atoms with van der Waals surface area (Å²) in [6.45, 7) is 1.32. The van der Waals surface area contributed by atoms with Gasteiger partial charge in [-0.25, -0.2) is 4.79 Å². The fourth-order valence-electron chi connectivity index (χ4n) is 2.93. The van der Waals surface area contributed by atoms with E-state index in [1.807, 2.05) is 30.3 Å². The molecule has 0 unspecified atom stereocenters. The van der Waals surface area contributed by atoms with Crippen LogP contribution in [0, 0.1) is 0 Å². The Morgan fingerprint density at radius 3 is 2.38 bits per heavy atom. The molecule has 0 heterocycles. The fraction of sp³-hybridized carbons (Fsp3) is 0.350. The fourth-order valence-corrected chi connectivity index (χ4v) is 2.93. The number of hydrogen-bond donors (Lipinski definition) is 2. The molecule has 2 amide bonds. The summed E-state index contributed by atoms with van der Waals surface area (Å²) >= 11 is 0. The van der Waals surface area contributed by atoms with E-state index in [4.69, 9.17) is 4.74 Å². The zero-order chi connectivity index (χ0) is 16.8. The molecule has 0 aliphatic heterocycles. The first-order chi connectivity index (χ1) is 11.7. The van der Waals surface area contributed by atoms with Gasteiger partial charge in [-0.3, -0.25) is 0 Å². The van der Waals surface area contributed by atoms with Gasteiger partial charge in [0.25, 0.3) is 0 Å². The van der Waals surface area contributed by atoms with Crippen molar-refractivity contribution in [2.75, 3.05) is 20.2 Å². The third-order valence-corrected chi connectivity index (χ3v) is 4.69. The summed E-state index contributed by atoms with van der Waals surface area (Å²) in [5, 5.41) is 5.95. The highest BCUT2D eigenvalue weighted by atomic mass is 16.5. The minimum absolute atomic E-state index is 0.0919. The van der Waals surface area contributed by atoms with E-state index in [1.54, 1.807) is 7.11 Å². The first kappa shape index (κ1) is 16.4. The van der Waals surface area contributed by atoms with E-state index in [2.05, 4.69) is 34.9 Å². The van der Waals surface area contributed by atoms with Crippen molar-refractivity contribution in [1.82, 2.24) is 10.6 Å². The highest BCUT2D eigenvalue weighted by molar-refractivity contribution is 5.74. The van der Waals surface area contributed by atoms with Crippen molar-refractivity contribution in [3.63, 3.8) is 0 Å². The molecule has 0 spiro atoms. The molecule has 1 fully saturated rings. The average Bonchev–Trinajstić information content (AvgIpc) is 3.43. The van der Waals surface area contributed by atoms with Crippen molar-refractivity contribution >= 4 is 6.03 Å². The lowest BCUT2D eigenvalue weighted by Gasteiger charge is -2.17. The van der Waals surface area contributed by atoms with Gasteiger partial charge in [0, 0.05) is 18.5 Å². The van der Waals surface area contributed by atoms with Crippen LogP contribution in [0.3, 0.4) is 0 Å². The summed E-state index contributed by atoms with van der Waals surface area (Å²) in [6.07, 6.45) is 3.09. The maximum absolute atomic E-state index is 12.0. The molecule has 0 radical (unpaired) electrons. The van der Waals surface area contributed by atoms with Crippen molar-refractivity contribution in [2.24, 2.45) is 0 Å². The van der Waals surface area contributed by atoms with Crippen LogP contribution < -0.4 is 15.4 Å². The Labute approximate surface area is 143 Å². The van der Waals surface area contributed by atoms with Crippen LogP contribution in [0.1, 0.15) is 24.0 Å². The standard InChI is InChI=1S/C20H24N2O2/c1-24-18-9-7-16(8-10-18)11-14-21-19(23)22-15-20(12-13-20)17-5-3-2-4-6-17/h2-10H,11-15H2,1H3,(H2,21,22,23). The highest BCUT2D eigenvalue weighted by Gasteiger charge is 2.44. The summed E-state index contributed by atoms with van der Waals surface area (Å²) < 4.78 is 5.14. The topological polar surface area (TPSA) is 50.4 Å². The van der Waals surface area contributed by atoms with Crippen LogP contribution in [-0.2, 0) is 11.8 Å². The lowest BCUT2D eigenvalue weighted by Crippen LogP contribution is -2.40. The number of hydrogen-bond acceptors (Lipinski definition) is 2. The van der Waals surface area contributed by atoms with Crippen molar-refractivity contribution in [3.05, 3.63) is 65.7 Å². The van der Waals surface area contributed by atoms with Crippen molar-refractivity contribution in [1.29, 1.82) is 0 Å². The monoisotopic (exact) mass is 324 g/mol. The van der Waals surface area contributed by atoms with Crippen LogP contribution >= 0.6 is 0 Å². The van der Waals surface area contributed by atoms with Gasteiger partial charge in [-0.05, 0) is 42.5 Å². The molecule has 1 aliphatic rings. The van der Waals surface area contributed by atoms with Gasteiger partial charge in [-0.2, -0.15) is 0 Å². The Morgan fingerprint density at radius 1 is 1.04 bits per heavy atom. The lowest BCUT2D eigenvalue weighted by molar-refractivity contribution is 0.240. The van der Waals surface area contributed by atoms with E-state index < -0.39 is 0 Å². The number of benzene rings is 2. The largest absolute Gasteiger partial charge is 0.497 e. The van der Waals surface area contributed by atoms with Gasteiger partial charge in [-0.15, -0.1) is 0 Å². The SMILES string of the molecule is COc1ccc(CCNC(=O)NCC2(c3ccccc3)CC2)cc1. The minimum Gasteiger partial charge on any atom is -0.497 e. The van der Waals surface area contributed by atoms with Gasteiger partial charge in [-0.1, -0.05) is 42.5 Å². The zero-order valence-corrected chi connectivity index (χ0v) is 14.0. The Bertz CT molecular complexity index is 664. The van der Waals surface area contributed by atoms with E-state index in [0.29, 0.717) is 13.1 Å². The quantitative estimate of drug-likeness (QED) is 0.821. The number of amides is 2. The second kappa shape index (κ2) is 7.39. The average molecular weight is 324 g/mol. The number of carbonyl (C=O) groups is 1. The molecule has 0 bridgehead atoms. The summed E-state index contributed by atoms with van der Waals surface area (Å²) in [6, 6.07) is 18.3. The number of carbonyl (C=O) groups excluding carboxylic acids is 1. The van der Waals surface area contributed by atoms with Gasteiger partial charge in [0.2, 0.25) is 0 Å². The van der Waals surface area contributed by atoms with Crippen LogP contribution in [0.4, 0.5) is 4.79 Å². The number of rotatable bonds is 7. The van der Waals surface area contributed by atoms with Crippen molar-refractivity contribution in [3.8, 4) is 5.75 Å². The predicted octanol–water partition coefficient (Wildman–Crippen LogP) is 3.27. The molecule has 1 saturated carbocycles. The second-order valence-electron chi connectivity index (χ2n) is 6.35. The molecule has 126 valence electrons. The molecule has 1 aliphatic carbocycles. The maximum atomic E-state index is 12.0. The molecule has 4 nitrogen and oxygen atoms in total. The molecule has 2 aromatic carbocycles. The van der Waals surface area contributed by atoms with E-state index in [1.165, 1.54) is 11.1 Å². The Hall–Kier alpha value is -2.49. The Kier molecular flexibility index (Phi) is 5.04. The molecule has 0 saturated heterocycles. The lowest BCUT2D eigenvalue weighted by atomic mass is 9.96. The summed E-state index contributed by atoms with van der Waals surface area (Å²) in [5.74, 6) is 0.847. The third-order valence-electron chi connectivity index (χ3n) is 4.69. The predicted molar refractivity (Wildman–Crippen MR) is 95.5 cm³/mol. The molecule has 0 aromatic heterocycles. The van der Waals surface area contributed by atoms with Gasteiger partial charge < -0.3 is 15.4 Å². The molecular weight excluding hydrogens is 300 g/mol. The van der Waals surface area contributed by atoms with E-state index in [-0.39, 0.29) is 11.4 Å². The second-order valence-corrected chi connectivity index (χ2v) is 6.35. The van der Waals surface area contributed by atoms with Gasteiger partial charge in [0.1, 0.15) is 5.75 Å². The van der Waals surface area contributed by atoms with E-state index in [9.17, 15) is 4.79 Å². The van der Waals surface area contributed by atoms with Crippen molar-refractivity contribution in [2.45, 2.75) is 24.7 Å². The molecule has 3 rings (SSSR count). The first-order valence-corrected chi connectivity index (χ1v) is 8.42. The Balaban J connectivity index is 1.40. The Morgan fingerprint density at radius 2 is 1.75 bits per heavy atom. The minimum atomic E-state index is -0.0919. The molecule has 0 atom stereocenters. The number of methoxy groups -OCH3 is 1.